The maximum Gasteiger partial charge on any atom is 0.274 e. The van der Waals surface area contributed by atoms with Crippen LogP contribution in [0.25, 0.3) is 0 Å². The molecule has 27 heavy (non-hydrogen) atoms. The zero-order valence-electron chi connectivity index (χ0n) is 13.9. The zero-order chi connectivity index (χ0) is 19.6. The van der Waals surface area contributed by atoms with E-state index in [2.05, 4.69) is 20.6 Å². The van der Waals surface area contributed by atoms with E-state index in [-0.39, 0.29) is 11.6 Å². The lowest BCUT2D eigenvalue weighted by molar-refractivity contribution is 0.102. The van der Waals surface area contributed by atoms with E-state index in [0.717, 1.165) is 6.07 Å². The van der Waals surface area contributed by atoms with Gasteiger partial charge in [-0.3, -0.25) is 4.79 Å². The van der Waals surface area contributed by atoms with Crippen LogP contribution >= 0.6 is 11.6 Å². The number of anilines is 3. The van der Waals surface area contributed by atoms with Crippen molar-refractivity contribution in [2.24, 2.45) is 0 Å². The molecular formula is C18H12ClF3N4O. The number of hydrogen-bond acceptors (Lipinski definition) is 4. The fourth-order valence-electron chi connectivity index (χ4n) is 2.24. The molecule has 1 amide bonds. The van der Waals surface area contributed by atoms with E-state index in [1.807, 2.05) is 0 Å². The number of amides is 1. The Hall–Kier alpha value is -3.13. The monoisotopic (exact) mass is 392 g/mol. The minimum atomic E-state index is -1.67. The van der Waals surface area contributed by atoms with Gasteiger partial charge in [-0.1, -0.05) is 17.7 Å². The summed E-state index contributed by atoms with van der Waals surface area (Å²) in [4.78, 5) is 20.6. The van der Waals surface area contributed by atoms with E-state index in [1.165, 1.54) is 6.07 Å². The first-order valence-electron chi connectivity index (χ1n) is 7.66. The van der Waals surface area contributed by atoms with Gasteiger partial charge in [-0.2, -0.15) is 0 Å². The molecule has 3 rings (SSSR count). The van der Waals surface area contributed by atoms with E-state index >= 15 is 0 Å². The van der Waals surface area contributed by atoms with Crippen molar-refractivity contribution in [1.29, 1.82) is 0 Å². The first kappa shape index (κ1) is 18.7. The lowest BCUT2D eigenvalue weighted by Gasteiger charge is -2.10. The highest BCUT2D eigenvalue weighted by molar-refractivity contribution is 6.30. The molecule has 0 spiro atoms. The summed E-state index contributed by atoms with van der Waals surface area (Å²) >= 11 is 5.92. The van der Waals surface area contributed by atoms with Crippen LogP contribution < -0.4 is 10.6 Å². The van der Waals surface area contributed by atoms with Crippen LogP contribution in [-0.4, -0.2) is 15.9 Å². The van der Waals surface area contributed by atoms with Gasteiger partial charge >= 0.3 is 0 Å². The third-order valence-electron chi connectivity index (χ3n) is 3.45. The fourth-order valence-corrected chi connectivity index (χ4v) is 2.44. The molecule has 9 heteroatoms. The average Bonchev–Trinajstić information content (AvgIpc) is 2.61. The van der Waals surface area contributed by atoms with Crippen LogP contribution in [0.4, 0.5) is 30.5 Å². The van der Waals surface area contributed by atoms with Crippen LogP contribution in [0.15, 0.2) is 42.5 Å². The number of nitrogens with zero attached hydrogens (tertiary/aromatic N) is 2. The molecule has 0 aliphatic heterocycles. The Labute approximate surface area is 157 Å². The summed E-state index contributed by atoms with van der Waals surface area (Å²) < 4.78 is 40.0. The Bertz CT molecular complexity index is 1030. The van der Waals surface area contributed by atoms with Crippen LogP contribution in [0.1, 0.15) is 16.2 Å². The van der Waals surface area contributed by atoms with E-state index < -0.39 is 29.0 Å². The predicted molar refractivity (Wildman–Crippen MR) is 95.8 cm³/mol. The molecule has 0 atom stereocenters. The van der Waals surface area contributed by atoms with Crippen LogP contribution in [0.5, 0.6) is 0 Å². The molecule has 0 aliphatic carbocycles. The standard InChI is InChI=1S/C18H12ClF3N4O/c1-9-7-14(17(27)25-13-6-5-12(20)15(21)16(13)22)26-18(23-9)24-11-4-2-3-10(19)8-11/h2-8H,1H3,(H,25,27)(H,23,24,26). The maximum absolute atomic E-state index is 13.7. The molecule has 0 aliphatic rings. The zero-order valence-corrected chi connectivity index (χ0v) is 14.6. The van der Waals surface area contributed by atoms with Gasteiger partial charge in [0.25, 0.3) is 5.91 Å². The summed E-state index contributed by atoms with van der Waals surface area (Å²) in [6, 6.07) is 9.79. The van der Waals surface area contributed by atoms with E-state index in [1.54, 1.807) is 31.2 Å². The predicted octanol–water partition coefficient (Wildman–Crippen LogP) is 4.85. The van der Waals surface area contributed by atoms with Crippen molar-refractivity contribution < 1.29 is 18.0 Å². The SMILES string of the molecule is Cc1cc(C(=O)Nc2ccc(F)c(F)c2F)nc(Nc2cccc(Cl)c2)n1. The lowest BCUT2D eigenvalue weighted by Crippen LogP contribution is -2.17. The molecule has 0 unspecified atom stereocenters. The van der Waals surface area contributed by atoms with Crippen molar-refractivity contribution in [2.75, 3.05) is 10.6 Å². The highest BCUT2D eigenvalue weighted by Crippen LogP contribution is 2.21. The van der Waals surface area contributed by atoms with Crippen LogP contribution in [-0.2, 0) is 0 Å². The second-order valence-corrected chi connectivity index (χ2v) is 5.97. The Kier molecular flexibility index (Phi) is 5.27. The highest BCUT2D eigenvalue weighted by Gasteiger charge is 2.17. The number of hydrogen-bond donors (Lipinski definition) is 2. The summed E-state index contributed by atoms with van der Waals surface area (Å²) in [6.07, 6.45) is 0. The molecule has 0 radical (unpaired) electrons. The van der Waals surface area contributed by atoms with Gasteiger partial charge in [0.1, 0.15) is 5.69 Å². The number of carbonyl (C=O) groups excluding carboxylic acids is 1. The van der Waals surface area contributed by atoms with Gasteiger partial charge in [0.15, 0.2) is 17.5 Å². The number of aryl methyl sites for hydroxylation is 1. The second kappa shape index (κ2) is 7.63. The molecule has 1 heterocycles. The van der Waals surface area contributed by atoms with Crippen molar-refractivity contribution in [2.45, 2.75) is 6.92 Å². The quantitative estimate of drug-likeness (QED) is 0.623. The molecule has 138 valence electrons. The summed E-state index contributed by atoms with van der Waals surface area (Å²) in [6.45, 7) is 1.64. The first-order valence-corrected chi connectivity index (χ1v) is 8.04. The summed E-state index contributed by atoms with van der Waals surface area (Å²) in [5, 5.41) is 5.56. The highest BCUT2D eigenvalue weighted by atomic mass is 35.5. The Balaban J connectivity index is 1.85. The molecule has 0 saturated heterocycles. The minimum Gasteiger partial charge on any atom is -0.324 e. The summed E-state index contributed by atoms with van der Waals surface area (Å²) in [5.74, 6) is -5.20. The molecule has 2 N–H and O–H groups in total. The Morgan fingerprint density at radius 3 is 2.56 bits per heavy atom. The van der Waals surface area contributed by atoms with Gasteiger partial charge in [-0.25, -0.2) is 23.1 Å². The van der Waals surface area contributed by atoms with E-state index in [0.29, 0.717) is 22.5 Å². The van der Waals surface area contributed by atoms with E-state index in [9.17, 15) is 18.0 Å². The van der Waals surface area contributed by atoms with E-state index in [4.69, 9.17) is 11.6 Å². The fraction of sp³-hybridized carbons (Fsp3) is 0.0556. The van der Waals surface area contributed by atoms with Crippen LogP contribution in [0, 0.1) is 24.4 Å². The normalized spacial score (nSPS) is 10.6. The minimum absolute atomic E-state index is 0.0869. The topological polar surface area (TPSA) is 66.9 Å². The third-order valence-corrected chi connectivity index (χ3v) is 3.69. The second-order valence-electron chi connectivity index (χ2n) is 5.53. The largest absolute Gasteiger partial charge is 0.324 e. The number of nitrogens with one attached hydrogen (secondary N) is 2. The average molecular weight is 393 g/mol. The number of aromatic nitrogens is 2. The van der Waals surface area contributed by atoms with Gasteiger partial charge < -0.3 is 10.6 Å². The Morgan fingerprint density at radius 2 is 1.81 bits per heavy atom. The Morgan fingerprint density at radius 1 is 1.04 bits per heavy atom. The third kappa shape index (κ3) is 4.35. The molecular weight excluding hydrogens is 381 g/mol. The lowest BCUT2D eigenvalue weighted by atomic mass is 10.2. The molecule has 5 nitrogen and oxygen atoms in total. The van der Waals surface area contributed by atoms with Crippen molar-refractivity contribution >= 4 is 34.8 Å². The first-order chi connectivity index (χ1) is 12.8. The smallest absolute Gasteiger partial charge is 0.274 e. The molecule has 1 aromatic heterocycles. The molecule has 0 saturated carbocycles. The van der Waals surface area contributed by atoms with Gasteiger partial charge in [0, 0.05) is 16.4 Å². The van der Waals surface area contributed by atoms with Crippen molar-refractivity contribution in [3.8, 4) is 0 Å². The number of benzene rings is 2. The van der Waals surface area contributed by atoms with Gasteiger partial charge in [0.05, 0.1) is 5.69 Å². The number of carbonyl (C=O) groups is 1. The van der Waals surface area contributed by atoms with Gasteiger partial charge in [-0.05, 0) is 43.3 Å². The van der Waals surface area contributed by atoms with Gasteiger partial charge in [-0.15, -0.1) is 0 Å². The molecule has 3 aromatic rings. The van der Waals surface area contributed by atoms with Crippen LogP contribution in [0.2, 0.25) is 5.02 Å². The summed E-state index contributed by atoms with van der Waals surface area (Å²) in [7, 11) is 0. The number of halogens is 4. The molecule has 0 fully saturated rings. The maximum atomic E-state index is 13.7. The van der Waals surface area contributed by atoms with Crippen LogP contribution in [0.3, 0.4) is 0 Å². The van der Waals surface area contributed by atoms with Gasteiger partial charge in [0.2, 0.25) is 5.95 Å². The summed E-state index contributed by atoms with van der Waals surface area (Å²) in [5.41, 5.74) is 0.479. The molecule has 2 aromatic carbocycles. The van der Waals surface area contributed by atoms with Crippen molar-refractivity contribution in [1.82, 2.24) is 9.97 Å². The molecule has 0 bridgehead atoms. The number of rotatable bonds is 4. The van der Waals surface area contributed by atoms with Crippen molar-refractivity contribution in [3.63, 3.8) is 0 Å². The van der Waals surface area contributed by atoms with Crippen molar-refractivity contribution in [3.05, 3.63) is 76.3 Å².